The lowest BCUT2D eigenvalue weighted by molar-refractivity contribution is -0.124. The quantitative estimate of drug-likeness (QED) is 0.815. The van der Waals surface area contributed by atoms with Crippen LogP contribution in [0.2, 0.25) is 0 Å². The van der Waals surface area contributed by atoms with Crippen LogP contribution in [0.5, 0.6) is 5.75 Å². The third-order valence-corrected chi connectivity index (χ3v) is 3.85. The summed E-state index contributed by atoms with van der Waals surface area (Å²) in [6, 6.07) is 14.8. The number of fused-ring (bicyclic) bond motifs is 1. The smallest absolute Gasteiger partial charge is 0.267 e. The molecule has 22 heavy (non-hydrogen) atoms. The van der Waals surface area contributed by atoms with E-state index in [1.165, 1.54) is 5.56 Å². The molecular weight excluding hydrogens is 278 g/mol. The Morgan fingerprint density at radius 2 is 1.91 bits per heavy atom. The number of para-hydroxylation sites is 2. The van der Waals surface area contributed by atoms with Gasteiger partial charge < -0.3 is 9.64 Å². The van der Waals surface area contributed by atoms with E-state index >= 15 is 0 Å². The van der Waals surface area contributed by atoms with Crippen LogP contribution in [0.1, 0.15) is 22.8 Å². The Bertz CT molecular complexity index is 711. The molecule has 0 aliphatic carbocycles. The van der Waals surface area contributed by atoms with Crippen LogP contribution in [0.4, 0.5) is 5.69 Å². The molecular formula is C18H17NO3. The maximum atomic E-state index is 12.6. The molecule has 0 fully saturated rings. The zero-order valence-electron chi connectivity index (χ0n) is 12.4. The van der Waals surface area contributed by atoms with Gasteiger partial charge in [0.15, 0.2) is 12.4 Å². The summed E-state index contributed by atoms with van der Waals surface area (Å²) in [5, 5.41) is 0. The van der Waals surface area contributed by atoms with E-state index in [0.717, 1.165) is 18.4 Å². The number of amides is 1. The molecule has 112 valence electrons. The summed E-state index contributed by atoms with van der Waals surface area (Å²) in [5.74, 6) is 0.344. The van der Waals surface area contributed by atoms with Crippen molar-refractivity contribution in [3.8, 4) is 5.75 Å². The molecule has 1 atom stereocenters. The molecule has 1 amide bonds. The summed E-state index contributed by atoms with van der Waals surface area (Å²) in [6.45, 7) is 2.38. The van der Waals surface area contributed by atoms with Crippen molar-refractivity contribution in [2.75, 3.05) is 11.4 Å². The van der Waals surface area contributed by atoms with Crippen LogP contribution in [0.25, 0.3) is 0 Å². The topological polar surface area (TPSA) is 46.6 Å². The van der Waals surface area contributed by atoms with E-state index in [1.54, 1.807) is 36.1 Å². The first-order valence-electron chi connectivity index (χ1n) is 7.31. The zero-order valence-corrected chi connectivity index (χ0v) is 12.4. The molecule has 0 saturated carbocycles. The van der Waals surface area contributed by atoms with Crippen LogP contribution >= 0.6 is 0 Å². The van der Waals surface area contributed by atoms with Crippen LogP contribution < -0.4 is 9.64 Å². The van der Waals surface area contributed by atoms with Crippen molar-refractivity contribution >= 4 is 17.9 Å². The summed E-state index contributed by atoms with van der Waals surface area (Å²) in [5.41, 5.74) is 2.58. The molecule has 0 spiro atoms. The first-order chi connectivity index (χ1) is 10.7. The Balaban J connectivity index is 1.77. The minimum absolute atomic E-state index is 0.0920. The van der Waals surface area contributed by atoms with Gasteiger partial charge in [-0.3, -0.25) is 9.59 Å². The number of nitrogens with zero attached hydrogens (tertiary/aromatic N) is 1. The molecule has 4 nitrogen and oxygen atoms in total. The first-order valence-corrected chi connectivity index (χ1v) is 7.31. The Hall–Kier alpha value is -2.62. The van der Waals surface area contributed by atoms with E-state index in [4.69, 9.17) is 4.74 Å². The maximum Gasteiger partial charge on any atom is 0.267 e. The Kier molecular flexibility index (Phi) is 3.92. The summed E-state index contributed by atoms with van der Waals surface area (Å²) in [7, 11) is 0. The minimum Gasteiger partial charge on any atom is -0.480 e. The largest absolute Gasteiger partial charge is 0.480 e. The van der Waals surface area contributed by atoms with E-state index in [-0.39, 0.29) is 5.91 Å². The third-order valence-electron chi connectivity index (χ3n) is 3.85. The molecule has 0 unspecified atom stereocenters. The van der Waals surface area contributed by atoms with Gasteiger partial charge in [-0.15, -0.1) is 0 Å². The van der Waals surface area contributed by atoms with Gasteiger partial charge in [0.25, 0.3) is 5.91 Å². The molecule has 1 aliphatic heterocycles. The highest BCUT2D eigenvalue weighted by Crippen LogP contribution is 2.28. The van der Waals surface area contributed by atoms with Crippen molar-refractivity contribution in [2.24, 2.45) is 0 Å². The summed E-state index contributed by atoms with van der Waals surface area (Å²) < 4.78 is 5.70. The number of anilines is 1. The molecule has 4 heteroatoms. The highest BCUT2D eigenvalue weighted by atomic mass is 16.5. The second kappa shape index (κ2) is 6.02. The Morgan fingerprint density at radius 1 is 1.18 bits per heavy atom. The first kappa shape index (κ1) is 14.3. The Morgan fingerprint density at radius 3 is 2.73 bits per heavy atom. The second-order valence-electron chi connectivity index (χ2n) is 5.28. The second-order valence-corrected chi connectivity index (χ2v) is 5.28. The standard InChI is InChI=1S/C18H17NO3/c1-13(22-17-9-5-3-7-15(17)12-20)18(21)19-11-10-14-6-2-4-8-16(14)19/h2-9,12-13H,10-11H2,1H3/t13-/m1/s1. The lowest BCUT2D eigenvalue weighted by atomic mass is 10.2. The van der Waals surface area contributed by atoms with Crippen LogP contribution in [-0.2, 0) is 11.2 Å². The van der Waals surface area contributed by atoms with Crippen molar-refractivity contribution in [1.29, 1.82) is 0 Å². The number of aldehydes is 1. The van der Waals surface area contributed by atoms with Gasteiger partial charge in [0.05, 0.1) is 5.56 Å². The van der Waals surface area contributed by atoms with Gasteiger partial charge in [0.1, 0.15) is 5.75 Å². The van der Waals surface area contributed by atoms with Crippen molar-refractivity contribution in [3.05, 3.63) is 59.7 Å². The number of hydrogen-bond donors (Lipinski definition) is 0. The predicted molar refractivity (Wildman–Crippen MR) is 84.4 cm³/mol. The third kappa shape index (κ3) is 2.60. The molecule has 1 heterocycles. The number of carbonyl (C=O) groups is 2. The van der Waals surface area contributed by atoms with Crippen LogP contribution in [0.15, 0.2) is 48.5 Å². The summed E-state index contributed by atoms with van der Waals surface area (Å²) in [4.78, 5) is 25.4. The summed E-state index contributed by atoms with van der Waals surface area (Å²) in [6.07, 6.45) is 0.948. The molecule has 0 saturated heterocycles. The fourth-order valence-corrected chi connectivity index (χ4v) is 2.71. The van der Waals surface area contributed by atoms with Crippen LogP contribution in [0.3, 0.4) is 0 Å². The fraction of sp³-hybridized carbons (Fsp3) is 0.222. The normalized spacial score (nSPS) is 14.3. The average molecular weight is 295 g/mol. The fourth-order valence-electron chi connectivity index (χ4n) is 2.71. The molecule has 0 bridgehead atoms. The van der Waals surface area contributed by atoms with Gasteiger partial charge in [-0.2, -0.15) is 0 Å². The van der Waals surface area contributed by atoms with Crippen molar-refractivity contribution in [2.45, 2.75) is 19.4 Å². The van der Waals surface area contributed by atoms with E-state index in [1.807, 2.05) is 24.3 Å². The monoisotopic (exact) mass is 295 g/mol. The predicted octanol–water partition coefficient (Wildman–Crippen LogP) is 2.86. The number of rotatable bonds is 4. The van der Waals surface area contributed by atoms with Crippen molar-refractivity contribution in [1.82, 2.24) is 0 Å². The molecule has 3 rings (SSSR count). The molecule has 1 aliphatic rings. The molecule has 2 aromatic carbocycles. The minimum atomic E-state index is -0.646. The zero-order chi connectivity index (χ0) is 15.5. The Labute approximate surface area is 129 Å². The highest BCUT2D eigenvalue weighted by molar-refractivity contribution is 5.98. The van der Waals surface area contributed by atoms with E-state index in [2.05, 4.69) is 0 Å². The lowest BCUT2D eigenvalue weighted by Gasteiger charge is -2.22. The number of benzene rings is 2. The molecule has 2 aromatic rings. The molecule has 0 N–H and O–H groups in total. The van der Waals surface area contributed by atoms with Crippen LogP contribution in [0, 0.1) is 0 Å². The van der Waals surface area contributed by atoms with Gasteiger partial charge in [0.2, 0.25) is 0 Å². The van der Waals surface area contributed by atoms with E-state index in [9.17, 15) is 9.59 Å². The van der Waals surface area contributed by atoms with E-state index < -0.39 is 6.10 Å². The van der Waals surface area contributed by atoms with E-state index in [0.29, 0.717) is 17.9 Å². The van der Waals surface area contributed by atoms with Gasteiger partial charge in [-0.25, -0.2) is 0 Å². The van der Waals surface area contributed by atoms with Crippen LogP contribution in [-0.4, -0.2) is 24.8 Å². The SMILES string of the molecule is C[C@@H](Oc1ccccc1C=O)C(=O)N1CCc2ccccc21. The lowest BCUT2D eigenvalue weighted by Crippen LogP contribution is -2.39. The molecule has 0 aromatic heterocycles. The van der Waals surface area contributed by atoms with Gasteiger partial charge >= 0.3 is 0 Å². The van der Waals surface area contributed by atoms with Gasteiger partial charge in [-0.05, 0) is 37.1 Å². The average Bonchev–Trinajstić information content (AvgIpc) is 2.98. The highest BCUT2D eigenvalue weighted by Gasteiger charge is 2.29. The number of hydrogen-bond acceptors (Lipinski definition) is 3. The van der Waals surface area contributed by atoms with Gasteiger partial charge in [-0.1, -0.05) is 30.3 Å². The summed E-state index contributed by atoms with van der Waals surface area (Å²) >= 11 is 0. The molecule has 0 radical (unpaired) electrons. The van der Waals surface area contributed by atoms with Crippen molar-refractivity contribution in [3.63, 3.8) is 0 Å². The van der Waals surface area contributed by atoms with Gasteiger partial charge in [0, 0.05) is 12.2 Å². The maximum absolute atomic E-state index is 12.6. The number of carbonyl (C=O) groups excluding carboxylic acids is 2. The number of ether oxygens (including phenoxy) is 1. The van der Waals surface area contributed by atoms with Crippen molar-refractivity contribution < 1.29 is 14.3 Å².